The van der Waals surface area contributed by atoms with E-state index in [4.69, 9.17) is 8.85 Å². The Morgan fingerprint density at radius 1 is 0.189 bits per heavy atom. The van der Waals surface area contributed by atoms with Crippen molar-refractivity contribution in [2.24, 2.45) is 0 Å². The first-order chi connectivity index (χ1) is 36.1. The normalized spacial score (nSPS) is 22.7. The van der Waals surface area contributed by atoms with Gasteiger partial charge in [-0.25, -0.2) is 0 Å². The Balaban J connectivity index is 1.12. The summed E-state index contributed by atoms with van der Waals surface area (Å²) in [7, 11) is -4.27. The van der Waals surface area contributed by atoms with Gasteiger partial charge in [0.05, 0.1) is 0 Å². The Morgan fingerprint density at radius 2 is 0.297 bits per heavy atom. The summed E-state index contributed by atoms with van der Waals surface area (Å²) in [5.41, 5.74) is 6.24. The molecule has 0 saturated heterocycles. The SMILES string of the molecule is C[Si](C)(C)OC1=C(O[Si](C)(C)C)CC23c4c5c6c7c8c9c(c%10c%11c2c2c4c4c%12c5c5c6c6c8c8c%13c9c9c%10c%10c%11c%11c2c2c4c4c%12c%12c5c5c6c8c6c8c%13c9c9c%10c%10c%11c2c2c4c4c%12c5c6c5c8c9c%10c2c45)C73C1. The van der Waals surface area contributed by atoms with Crippen molar-refractivity contribution in [1.82, 2.24) is 0 Å². The van der Waals surface area contributed by atoms with Crippen molar-refractivity contribution in [2.75, 3.05) is 0 Å². The number of hydrogen-bond acceptors (Lipinski definition) is 2. The molecule has 4 heteroatoms. The van der Waals surface area contributed by atoms with Crippen LogP contribution >= 0.6 is 0 Å². The van der Waals surface area contributed by atoms with Crippen molar-refractivity contribution in [1.29, 1.82) is 0 Å². The summed E-state index contributed by atoms with van der Waals surface area (Å²) in [5, 5.41) is 89.6. The van der Waals surface area contributed by atoms with Gasteiger partial charge in [-0.2, -0.15) is 0 Å². The smallest absolute Gasteiger partial charge is 0.241 e. The Hall–Kier alpha value is -7.77. The quantitative estimate of drug-likeness (QED) is 0.129. The zero-order valence-electron chi connectivity index (χ0n) is 40.2. The van der Waals surface area contributed by atoms with Crippen LogP contribution in [0.4, 0.5) is 0 Å². The first-order valence-electron chi connectivity index (χ1n) is 28.0. The van der Waals surface area contributed by atoms with E-state index in [0.717, 1.165) is 12.8 Å². The van der Waals surface area contributed by atoms with Crippen LogP contribution < -0.4 is 0 Å². The number of allylic oxidation sites excluding steroid dienone is 2. The molecule has 33 rings (SSSR count). The van der Waals surface area contributed by atoms with Gasteiger partial charge in [-0.05, 0) is 352 Å². The monoisotopic (exact) mass is 950 g/mol. The zero-order chi connectivity index (χ0) is 45.5. The minimum absolute atomic E-state index is 0.348. The Kier molecular flexibility index (Phi) is 2.70. The maximum absolute atomic E-state index is 7.80. The van der Waals surface area contributed by atoms with Crippen LogP contribution in [0.3, 0.4) is 0 Å². The molecule has 74 heavy (non-hydrogen) atoms. The van der Waals surface area contributed by atoms with E-state index in [2.05, 4.69) is 39.3 Å². The summed E-state index contributed by atoms with van der Waals surface area (Å²) >= 11 is 0. The van der Waals surface area contributed by atoms with Gasteiger partial charge in [-0.1, -0.05) is 0 Å². The van der Waals surface area contributed by atoms with Crippen molar-refractivity contribution in [2.45, 2.75) is 63.0 Å². The molecule has 2 spiro atoms. The first-order valence-corrected chi connectivity index (χ1v) is 34.8. The molecule has 0 unspecified atom stereocenters. The van der Waals surface area contributed by atoms with E-state index in [1.165, 1.54) is 11.5 Å². The van der Waals surface area contributed by atoms with E-state index in [1.54, 1.807) is 313 Å². The van der Waals surface area contributed by atoms with Gasteiger partial charge in [-0.3, -0.25) is 0 Å². The van der Waals surface area contributed by atoms with Crippen LogP contribution in [0.1, 0.15) is 35.1 Å². The van der Waals surface area contributed by atoms with E-state index >= 15 is 0 Å². The maximum atomic E-state index is 7.80. The Labute approximate surface area is 410 Å². The third-order valence-electron chi connectivity index (χ3n) is 25.7. The Morgan fingerprint density at radius 3 is 0.405 bits per heavy atom. The minimum Gasteiger partial charge on any atom is -0.545 e. The highest BCUT2D eigenvalue weighted by Crippen LogP contribution is 2.86. The van der Waals surface area contributed by atoms with E-state index in [1.807, 2.05) is 0 Å². The van der Waals surface area contributed by atoms with Crippen LogP contribution in [-0.4, -0.2) is 16.6 Å². The lowest BCUT2D eigenvalue weighted by molar-refractivity contribution is 0.193. The summed E-state index contributed by atoms with van der Waals surface area (Å²) in [4.78, 5) is 0. The van der Waals surface area contributed by atoms with Gasteiger partial charge in [0.25, 0.3) is 0 Å². The number of hydrogen-bond donors (Lipinski definition) is 0. The second kappa shape index (κ2) is 6.71. The van der Waals surface area contributed by atoms with Crippen molar-refractivity contribution in [3.63, 3.8) is 0 Å². The van der Waals surface area contributed by atoms with Crippen LogP contribution in [0.25, 0.3) is 291 Å². The summed E-state index contributed by atoms with van der Waals surface area (Å²) in [5.74, 6) is 2.41. The summed E-state index contributed by atoms with van der Waals surface area (Å²) in [6.07, 6.45) is 1.76. The summed E-state index contributed by atoms with van der Waals surface area (Å²) in [6, 6.07) is 0. The maximum Gasteiger partial charge on any atom is 0.241 e. The largest absolute Gasteiger partial charge is 0.545 e. The van der Waals surface area contributed by atoms with Gasteiger partial charge >= 0.3 is 0 Å². The van der Waals surface area contributed by atoms with Crippen LogP contribution in [0.15, 0.2) is 11.5 Å². The molecular weight excluding hydrogens is 929 g/mol. The fourth-order valence-corrected chi connectivity index (χ4v) is 27.7. The third-order valence-corrected chi connectivity index (χ3v) is 27.4. The lowest BCUT2D eigenvalue weighted by Crippen LogP contribution is -2.55. The van der Waals surface area contributed by atoms with Crippen molar-refractivity contribution < 1.29 is 8.85 Å². The van der Waals surface area contributed by atoms with Gasteiger partial charge in [0.2, 0.25) is 16.6 Å². The van der Waals surface area contributed by atoms with Gasteiger partial charge in [0, 0.05) is 23.7 Å². The third kappa shape index (κ3) is 1.70. The van der Waals surface area contributed by atoms with Gasteiger partial charge in [0.15, 0.2) is 0 Å². The fourth-order valence-electron chi connectivity index (χ4n) is 25.8. The van der Waals surface area contributed by atoms with Crippen LogP contribution in [0.2, 0.25) is 39.3 Å². The van der Waals surface area contributed by atoms with E-state index in [0.29, 0.717) is 0 Å². The van der Waals surface area contributed by atoms with Gasteiger partial charge in [0.1, 0.15) is 11.5 Å². The minimum atomic E-state index is -2.14. The molecule has 5 aliphatic carbocycles. The van der Waals surface area contributed by atoms with Crippen molar-refractivity contribution >= 4 is 307 Å². The lowest BCUT2D eigenvalue weighted by atomic mass is 9.44. The molecule has 0 fully saturated rings. The fraction of sp³-hybridized carbons (Fsp3) is 0.143. The van der Waals surface area contributed by atoms with Crippen LogP contribution in [0.5, 0.6) is 0 Å². The molecular formula is C70H22O2Si2. The molecule has 0 amide bonds. The summed E-state index contributed by atoms with van der Waals surface area (Å²) in [6.45, 7) is 14.6. The van der Waals surface area contributed by atoms with Crippen molar-refractivity contribution in [3.05, 3.63) is 33.8 Å². The molecule has 322 valence electrons. The Bertz CT molecular complexity index is 6800. The second-order valence-corrected chi connectivity index (χ2v) is 38.0. The molecule has 0 N–H and O–H groups in total. The van der Waals surface area contributed by atoms with Crippen molar-refractivity contribution in [3.8, 4) is 0 Å². The standard InChI is InChI=1S/C70H22O2Si2/c1-73(2,3)71-9-7-69-65-57-49-39-29-21-13-11-12-15-19-17(13)25-33-27(19)37-31-23(15)24-16(12)20-18-14(11)22(21)30-36-26(18)34-28(20)38-32(24)42-41(31)51-45(37)55-47(33)53(43(49)35(25)29)61(65)63(55)67-59(51)60-52(42)46(38)56-48(34)54-44(36)50(40(30)39)58(57)66(69)62(54)64(56)68(60)70(67,69)8-10(9)72-74(4,5)6/h7-8H2,1-6H3. The average molecular weight is 951 g/mol. The molecule has 0 radical (unpaired) electrons. The molecule has 28 aromatic rings. The molecule has 0 bridgehead atoms. The molecule has 28 aromatic carbocycles. The van der Waals surface area contributed by atoms with Crippen LogP contribution in [0, 0.1) is 0 Å². The second-order valence-electron chi connectivity index (χ2n) is 29.2. The van der Waals surface area contributed by atoms with Crippen LogP contribution in [-0.2, 0) is 19.7 Å². The first kappa shape index (κ1) is 29.8. The average Bonchev–Trinajstić information content (AvgIpc) is 2.53. The molecule has 2 nitrogen and oxygen atoms in total. The summed E-state index contributed by atoms with van der Waals surface area (Å²) < 4.78 is 15.6. The highest BCUT2D eigenvalue weighted by atomic mass is 28.4. The van der Waals surface area contributed by atoms with Gasteiger partial charge in [-0.15, -0.1) is 0 Å². The van der Waals surface area contributed by atoms with E-state index in [9.17, 15) is 0 Å². The topological polar surface area (TPSA) is 18.5 Å². The highest BCUT2D eigenvalue weighted by Gasteiger charge is 2.72. The molecule has 0 saturated carbocycles. The predicted octanol–water partition coefficient (Wildman–Crippen LogP) is 20.0. The number of benzene rings is 18. The molecule has 5 aliphatic rings. The van der Waals surface area contributed by atoms with E-state index in [-0.39, 0.29) is 10.8 Å². The number of rotatable bonds is 4. The lowest BCUT2D eigenvalue weighted by Gasteiger charge is -2.57. The predicted molar refractivity (Wildman–Crippen MR) is 319 cm³/mol. The molecule has 0 aliphatic heterocycles. The van der Waals surface area contributed by atoms with Gasteiger partial charge < -0.3 is 8.85 Å². The van der Waals surface area contributed by atoms with E-state index < -0.39 is 16.6 Å². The zero-order valence-corrected chi connectivity index (χ0v) is 42.2. The highest BCUT2D eigenvalue weighted by molar-refractivity contribution is 6.82. The molecule has 0 heterocycles. The molecule has 0 atom stereocenters. The molecule has 0 aromatic heterocycles.